The fourth-order valence-corrected chi connectivity index (χ4v) is 4.52. The summed E-state index contributed by atoms with van der Waals surface area (Å²) in [7, 11) is 4.65. The van der Waals surface area contributed by atoms with Crippen LogP contribution >= 0.6 is 0 Å². The third-order valence-electron chi connectivity index (χ3n) is 6.38. The summed E-state index contributed by atoms with van der Waals surface area (Å²) in [5.74, 6) is 0.155. The van der Waals surface area contributed by atoms with E-state index in [-0.39, 0.29) is 29.9 Å². The Morgan fingerprint density at radius 2 is 1.57 bits per heavy atom. The summed E-state index contributed by atoms with van der Waals surface area (Å²) < 4.78 is 21.9. The fourth-order valence-electron chi connectivity index (χ4n) is 4.52. The largest absolute Gasteiger partial charge is 0.507 e. The van der Waals surface area contributed by atoms with Gasteiger partial charge in [0.15, 0.2) is 11.5 Å². The number of rotatable bonds is 11. The Balaban J connectivity index is 2.15. The standard InChI is InChI=1S/C29H37NO7/c1-17(2)21-15-20(10-11-22(21)34-5)27(31)25-26(19-9-12-23(35-6)24(16-19)36-7)30(29(33)28(25)32)13-8-14-37-18(3)4/h9-12,15-18,26,31H,8,13-14H2,1-7H3/b27-25+. The van der Waals surface area contributed by atoms with Crippen molar-refractivity contribution in [2.75, 3.05) is 34.5 Å². The van der Waals surface area contributed by atoms with Crippen molar-refractivity contribution < 1.29 is 33.6 Å². The Bertz CT molecular complexity index is 1170. The summed E-state index contributed by atoms with van der Waals surface area (Å²) >= 11 is 0. The summed E-state index contributed by atoms with van der Waals surface area (Å²) in [6, 6.07) is 9.67. The van der Waals surface area contributed by atoms with Gasteiger partial charge in [-0.2, -0.15) is 0 Å². The first kappa shape index (κ1) is 28.1. The number of nitrogens with zero attached hydrogens (tertiary/aromatic N) is 1. The van der Waals surface area contributed by atoms with Gasteiger partial charge in [0.25, 0.3) is 11.7 Å². The molecule has 37 heavy (non-hydrogen) atoms. The molecule has 1 aliphatic heterocycles. The molecule has 8 heteroatoms. The van der Waals surface area contributed by atoms with Crippen LogP contribution < -0.4 is 14.2 Å². The molecule has 0 radical (unpaired) electrons. The van der Waals surface area contributed by atoms with Crippen LogP contribution in [0.5, 0.6) is 17.2 Å². The van der Waals surface area contributed by atoms with Gasteiger partial charge >= 0.3 is 0 Å². The third-order valence-corrected chi connectivity index (χ3v) is 6.38. The zero-order chi connectivity index (χ0) is 27.3. The minimum Gasteiger partial charge on any atom is -0.507 e. The summed E-state index contributed by atoms with van der Waals surface area (Å²) in [6.45, 7) is 8.64. The molecule has 0 aliphatic carbocycles. The number of aliphatic hydroxyl groups is 1. The molecule has 3 rings (SSSR count). The van der Waals surface area contributed by atoms with Crippen molar-refractivity contribution in [1.29, 1.82) is 0 Å². The smallest absolute Gasteiger partial charge is 0.295 e. The van der Waals surface area contributed by atoms with Crippen LogP contribution in [0.4, 0.5) is 0 Å². The Labute approximate surface area is 218 Å². The number of Topliss-reactive ketones (excluding diaryl/α,β-unsaturated/α-hetero) is 1. The molecule has 1 fully saturated rings. The minimum atomic E-state index is -0.802. The molecule has 8 nitrogen and oxygen atoms in total. The van der Waals surface area contributed by atoms with E-state index in [9.17, 15) is 14.7 Å². The molecule has 0 spiro atoms. The molecule has 1 aliphatic rings. The Kier molecular flexibility index (Phi) is 9.21. The van der Waals surface area contributed by atoms with Crippen molar-refractivity contribution in [3.63, 3.8) is 0 Å². The Morgan fingerprint density at radius 1 is 0.919 bits per heavy atom. The molecule has 2 aromatic carbocycles. The lowest BCUT2D eigenvalue weighted by Gasteiger charge is -2.26. The van der Waals surface area contributed by atoms with Crippen molar-refractivity contribution in [2.24, 2.45) is 0 Å². The van der Waals surface area contributed by atoms with Crippen LogP contribution in [0.2, 0.25) is 0 Å². The maximum atomic E-state index is 13.4. The molecule has 1 atom stereocenters. The van der Waals surface area contributed by atoms with Gasteiger partial charge in [0.2, 0.25) is 0 Å². The minimum absolute atomic E-state index is 0.0295. The second-order valence-corrected chi connectivity index (χ2v) is 9.49. The van der Waals surface area contributed by atoms with Gasteiger partial charge in [-0.1, -0.05) is 19.9 Å². The van der Waals surface area contributed by atoms with E-state index in [1.807, 2.05) is 27.7 Å². The lowest BCUT2D eigenvalue weighted by molar-refractivity contribution is -0.140. The highest BCUT2D eigenvalue weighted by molar-refractivity contribution is 6.46. The molecule has 2 aromatic rings. The van der Waals surface area contributed by atoms with Crippen LogP contribution in [-0.2, 0) is 14.3 Å². The first-order chi connectivity index (χ1) is 17.6. The Hall–Kier alpha value is -3.52. The lowest BCUT2D eigenvalue weighted by Crippen LogP contribution is -2.31. The van der Waals surface area contributed by atoms with Gasteiger partial charge in [-0.15, -0.1) is 0 Å². The van der Waals surface area contributed by atoms with E-state index in [4.69, 9.17) is 18.9 Å². The van der Waals surface area contributed by atoms with E-state index in [0.717, 1.165) is 5.56 Å². The van der Waals surface area contributed by atoms with Crippen molar-refractivity contribution in [2.45, 2.75) is 52.2 Å². The maximum absolute atomic E-state index is 13.4. The van der Waals surface area contributed by atoms with Crippen LogP contribution in [0.25, 0.3) is 5.76 Å². The number of benzene rings is 2. The molecule has 0 bridgehead atoms. The molecule has 1 unspecified atom stereocenters. The predicted octanol–water partition coefficient (Wildman–Crippen LogP) is 5.07. The number of carbonyl (C=O) groups excluding carboxylic acids is 2. The highest BCUT2D eigenvalue weighted by Gasteiger charge is 2.46. The summed E-state index contributed by atoms with van der Waals surface area (Å²) in [6.07, 6.45) is 0.594. The van der Waals surface area contributed by atoms with E-state index in [2.05, 4.69) is 0 Å². The second-order valence-electron chi connectivity index (χ2n) is 9.49. The highest BCUT2D eigenvalue weighted by Crippen LogP contribution is 2.42. The van der Waals surface area contributed by atoms with Crippen molar-refractivity contribution in [3.05, 3.63) is 58.7 Å². The number of likely N-dealkylation sites (tertiary alicyclic amines) is 1. The molecule has 1 heterocycles. The summed E-state index contributed by atoms with van der Waals surface area (Å²) in [5, 5.41) is 11.5. The third kappa shape index (κ3) is 5.91. The number of ether oxygens (including phenoxy) is 4. The summed E-state index contributed by atoms with van der Waals surface area (Å²) in [4.78, 5) is 28.1. The normalized spacial score (nSPS) is 17.1. The van der Waals surface area contributed by atoms with Gasteiger partial charge < -0.3 is 29.0 Å². The number of hydrogen-bond acceptors (Lipinski definition) is 7. The van der Waals surface area contributed by atoms with Crippen LogP contribution in [0, 0.1) is 0 Å². The average Bonchev–Trinajstić information content (AvgIpc) is 3.14. The highest BCUT2D eigenvalue weighted by atomic mass is 16.5. The van der Waals surface area contributed by atoms with E-state index in [1.54, 1.807) is 43.5 Å². The molecule has 0 aromatic heterocycles. The molecule has 1 saturated heterocycles. The number of methoxy groups -OCH3 is 3. The zero-order valence-electron chi connectivity index (χ0n) is 22.7. The second kappa shape index (κ2) is 12.1. The van der Waals surface area contributed by atoms with Crippen LogP contribution in [0.15, 0.2) is 42.0 Å². The van der Waals surface area contributed by atoms with Crippen molar-refractivity contribution >= 4 is 17.4 Å². The monoisotopic (exact) mass is 511 g/mol. The first-order valence-electron chi connectivity index (χ1n) is 12.4. The van der Waals surface area contributed by atoms with Crippen molar-refractivity contribution in [1.82, 2.24) is 4.90 Å². The van der Waals surface area contributed by atoms with E-state index in [0.29, 0.717) is 41.4 Å². The number of hydrogen-bond donors (Lipinski definition) is 1. The van der Waals surface area contributed by atoms with Gasteiger partial charge in [0, 0.05) is 18.7 Å². The van der Waals surface area contributed by atoms with E-state index >= 15 is 0 Å². The maximum Gasteiger partial charge on any atom is 0.295 e. The van der Waals surface area contributed by atoms with Crippen LogP contribution in [0.3, 0.4) is 0 Å². The van der Waals surface area contributed by atoms with Gasteiger partial charge in [0.1, 0.15) is 11.5 Å². The topological polar surface area (TPSA) is 94.5 Å². The van der Waals surface area contributed by atoms with E-state index < -0.39 is 17.7 Å². The Morgan fingerprint density at radius 3 is 2.16 bits per heavy atom. The number of aliphatic hydroxyl groups excluding tert-OH is 1. The molecule has 1 N–H and O–H groups in total. The van der Waals surface area contributed by atoms with Crippen LogP contribution in [-0.4, -0.2) is 62.3 Å². The van der Waals surface area contributed by atoms with Crippen LogP contribution in [0.1, 0.15) is 62.8 Å². The number of ketones is 1. The quantitative estimate of drug-likeness (QED) is 0.195. The van der Waals surface area contributed by atoms with Gasteiger partial charge in [-0.3, -0.25) is 9.59 Å². The molecular formula is C29H37NO7. The predicted molar refractivity (Wildman–Crippen MR) is 141 cm³/mol. The summed E-state index contributed by atoms with van der Waals surface area (Å²) in [5.41, 5.74) is 1.98. The lowest BCUT2D eigenvalue weighted by atomic mass is 9.93. The SMILES string of the molecule is COc1ccc(C2/C(=C(\O)c3ccc(OC)c(C(C)C)c3)C(=O)C(=O)N2CCCOC(C)C)cc1OC. The molecule has 0 saturated carbocycles. The average molecular weight is 512 g/mol. The molecule has 1 amide bonds. The number of amides is 1. The van der Waals surface area contributed by atoms with Gasteiger partial charge in [0.05, 0.1) is 39.0 Å². The fraction of sp³-hybridized carbons (Fsp3) is 0.448. The molecular weight excluding hydrogens is 474 g/mol. The van der Waals surface area contributed by atoms with Gasteiger partial charge in [-0.25, -0.2) is 0 Å². The van der Waals surface area contributed by atoms with Gasteiger partial charge in [-0.05, 0) is 67.6 Å². The first-order valence-corrected chi connectivity index (χ1v) is 12.4. The molecule has 200 valence electrons. The zero-order valence-corrected chi connectivity index (χ0v) is 22.7. The van der Waals surface area contributed by atoms with Crippen molar-refractivity contribution in [3.8, 4) is 17.2 Å². The van der Waals surface area contributed by atoms with E-state index in [1.165, 1.54) is 19.1 Å². The number of carbonyl (C=O) groups is 2.